The van der Waals surface area contributed by atoms with Crippen LogP contribution < -0.4 is 4.74 Å². The Morgan fingerprint density at radius 1 is 1.20 bits per heavy atom. The zero-order chi connectivity index (χ0) is 14.4. The van der Waals surface area contributed by atoms with Gasteiger partial charge >= 0.3 is 0 Å². The van der Waals surface area contributed by atoms with Gasteiger partial charge in [0, 0.05) is 18.1 Å². The topological polar surface area (TPSA) is 29.5 Å². The quantitative estimate of drug-likeness (QED) is 0.805. The number of hydrogen-bond acceptors (Lipinski definition) is 2. The van der Waals surface area contributed by atoms with Gasteiger partial charge in [0.15, 0.2) is 6.61 Å². The molecule has 0 aromatic heterocycles. The van der Waals surface area contributed by atoms with Gasteiger partial charge in [0.2, 0.25) is 0 Å². The van der Waals surface area contributed by atoms with Crippen molar-refractivity contribution >= 4 is 33.4 Å². The molecule has 0 N–H and O–H groups in total. The number of rotatable bonds is 3. The Morgan fingerprint density at radius 3 is 2.50 bits per heavy atom. The van der Waals surface area contributed by atoms with E-state index in [-0.39, 0.29) is 12.5 Å². The summed E-state index contributed by atoms with van der Waals surface area (Å²) in [4.78, 5) is 14.1. The SMILES string of the molecule is O=C(COc1ccc(Cl)cc1Br)N1CCCCCCC1. The second-order valence-corrected chi connectivity index (χ2v) is 6.30. The number of hydrogen-bond donors (Lipinski definition) is 0. The maximum Gasteiger partial charge on any atom is 0.260 e. The normalized spacial score (nSPS) is 16.4. The first kappa shape index (κ1) is 15.6. The molecule has 1 amide bonds. The van der Waals surface area contributed by atoms with E-state index < -0.39 is 0 Å². The van der Waals surface area contributed by atoms with E-state index in [0.717, 1.165) is 30.4 Å². The van der Waals surface area contributed by atoms with Crippen molar-refractivity contribution in [3.8, 4) is 5.75 Å². The number of nitrogens with zero attached hydrogens (tertiary/aromatic N) is 1. The van der Waals surface area contributed by atoms with Crippen molar-refractivity contribution in [1.29, 1.82) is 0 Å². The van der Waals surface area contributed by atoms with Crippen LogP contribution in [0, 0.1) is 0 Å². The molecule has 0 bridgehead atoms. The Labute approximate surface area is 133 Å². The van der Waals surface area contributed by atoms with E-state index in [4.69, 9.17) is 16.3 Å². The van der Waals surface area contributed by atoms with Gasteiger partial charge in [0.25, 0.3) is 5.91 Å². The molecule has 5 heteroatoms. The predicted molar refractivity (Wildman–Crippen MR) is 84.3 cm³/mol. The molecule has 3 nitrogen and oxygen atoms in total. The molecular formula is C15H19BrClNO2. The summed E-state index contributed by atoms with van der Waals surface area (Å²) in [6.07, 6.45) is 5.91. The summed E-state index contributed by atoms with van der Waals surface area (Å²) in [6.45, 7) is 1.79. The Kier molecular flexibility index (Phi) is 6.17. The van der Waals surface area contributed by atoms with Gasteiger partial charge in [-0.2, -0.15) is 0 Å². The summed E-state index contributed by atoms with van der Waals surface area (Å²) >= 11 is 9.26. The van der Waals surface area contributed by atoms with Crippen LogP contribution in [0.1, 0.15) is 32.1 Å². The standard InChI is InChI=1S/C15H19BrClNO2/c16-13-10-12(17)6-7-14(13)20-11-15(19)18-8-4-2-1-3-5-9-18/h6-7,10H,1-5,8-9,11H2. The lowest BCUT2D eigenvalue weighted by Crippen LogP contribution is -2.37. The molecule has 1 heterocycles. The minimum absolute atomic E-state index is 0.0637. The smallest absolute Gasteiger partial charge is 0.260 e. The van der Waals surface area contributed by atoms with Gasteiger partial charge in [-0.15, -0.1) is 0 Å². The van der Waals surface area contributed by atoms with E-state index in [1.165, 1.54) is 19.3 Å². The average Bonchev–Trinajstić information content (AvgIpc) is 2.37. The minimum Gasteiger partial charge on any atom is -0.483 e. The van der Waals surface area contributed by atoms with Crippen LogP contribution in [0.3, 0.4) is 0 Å². The van der Waals surface area contributed by atoms with Crippen LogP contribution >= 0.6 is 27.5 Å². The van der Waals surface area contributed by atoms with Crippen LogP contribution in [-0.2, 0) is 4.79 Å². The van der Waals surface area contributed by atoms with Crippen LogP contribution in [0.2, 0.25) is 5.02 Å². The summed E-state index contributed by atoms with van der Waals surface area (Å²) in [5.41, 5.74) is 0. The van der Waals surface area contributed by atoms with E-state index in [9.17, 15) is 4.79 Å². The Bertz CT molecular complexity index is 459. The first-order valence-electron chi connectivity index (χ1n) is 7.02. The summed E-state index contributed by atoms with van der Waals surface area (Å²) in [5, 5.41) is 0.638. The van der Waals surface area contributed by atoms with Crippen molar-refractivity contribution in [1.82, 2.24) is 4.90 Å². The number of amides is 1. The van der Waals surface area contributed by atoms with Crippen molar-refractivity contribution in [2.24, 2.45) is 0 Å². The molecule has 20 heavy (non-hydrogen) atoms. The Morgan fingerprint density at radius 2 is 1.85 bits per heavy atom. The lowest BCUT2D eigenvalue weighted by molar-refractivity contribution is -0.133. The highest BCUT2D eigenvalue weighted by Gasteiger charge is 2.15. The van der Waals surface area contributed by atoms with Gasteiger partial charge in [0.05, 0.1) is 4.47 Å². The van der Waals surface area contributed by atoms with E-state index in [1.54, 1.807) is 18.2 Å². The summed E-state index contributed by atoms with van der Waals surface area (Å²) < 4.78 is 6.35. The van der Waals surface area contributed by atoms with Gasteiger partial charge in [-0.1, -0.05) is 30.9 Å². The van der Waals surface area contributed by atoms with Crippen molar-refractivity contribution in [2.75, 3.05) is 19.7 Å². The first-order valence-corrected chi connectivity index (χ1v) is 8.19. The second kappa shape index (κ2) is 7.89. The van der Waals surface area contributed by atoms with E-state index >= 15 is 0 Å². The first-order chi connectivity index (χ1) is 9.66. The zero-order valence-electron chi connectivity index (χ0n) is 11.4. The van der Waals surface area contributed by atoms with Crippen molar-refractivity contribution < 1.29 is 9.53 Å². The molecule has 2 rings (SSSR count). The number of carbonyl (C=O) groups is 1. The molecule has 1 saturated heterocycles. The Hall–Kier alpha value is -0.740. The molecule has 0 unspecified atom stereocenters. The third kappa shape index (κ3) is 4.67. The molecule has 1 aromatic rings. The van der Waals surface area contributed by atoms with Crippen molar-refractivity contribution in [2.45, 2.75) is 32.1 Å². The van der Waals surface area contributed by atoms with Gasteiger partial charge in [-0.3, -0.25) is 4.79 Å². The highest BCUT2D eigenvalue weighted by molar-refractivity contribution is 9.10. The number of likely N-dealkylation sites (tertiary alicyclic amines) is 1. The van der Waals surface area contributed by atoms with E-state index in [0.29, 0.717) is 10.8 Å². The van der Waals surface area contributed by atoms with Gasteiger partial charge in [-0.05, 0) is 47.0 Å². The molecule has 0 atom stereocenters. The molecule has 0 aliphatic carbocycles. The Balaban J connectivity index is 1.87. The third-order valence-corrected chi connectivity index (χ3v) is 4.31. The molecule has 0 saturated carbocycles. The number of carbonyl (C=O) groups excluding carboxylic acids is 1. The van der Waals surface area contributed by atoms with Crippen LogP contribution in [0.5, 0.6) is 5.75 Å². The second-order valence-electron chi connectivity index (χ2n) is 5.01. The highest BCUT2D eigenvalue weighted by Crippen LogP contribution is 2.28. The van der Waals surface area contributed by atoms with Crippen molar-refractivity contribution in [3.63, 3.8) is 0 Å². The predicted octanol–water partition coefficient (Wildman–Crippen LogP) is 4.27. The van der Waals surface area contributed by atoms with Crippen molar-refractivity contribution in [3.05, 3.63) is 27.7 Å². The van der Waals surface area contributed by atoms with Gasteiger partial charge in [0.1, 0.15) is 5.75 Å². The van der Waals surface area contributed by atoms with Gasteiger partial charge in [-0.25, -0.2) is 0 Å². The number of halogens is 2. The monoisotopic (exact) mass is 359 g/mol. The lowest BCUT2D eigenvalue weighted by Gasteiger charge is -2.24. The molecule has 1 aliphatic rings. The number of ether oxygens (including phenoxy) is 1. The van der Waals surface area contributed by atoms with Crippen LogP contribution in [-0.4, -0.2) is 30.5 Å². The fraction of sp³-hybridized carbons (Fsp3) is 0.533. The summed E-state index contributed by atoms with van der Waals surface area (Å²) in [6, 6.07) is 5.28. The van der Waals surface area contributed by atoms with E-state index in [2.05, 4.69) is 15.9 Å². The summed E-state index contributed by atoms with van der Waals surface area (Å²) in [7, 11) is 0. The molecule has 1 aliphatic heterocycles. The highest BCUT2D eigenvalue weighted by atomic mass is 79.9. The maximum absolute atomic E-state index is 12.2. The fourth-order valence-corrected chi connectivity index (χ4v) is 3.12. The van der Waals surface area contributed by atoms with E-state index in [1.807, 2.05) is 4.90 Å². The molecule has 110 valence electrons. The van der Waals surface area contributed by atoms with Gasteiger partial charge < -0.3 is 9.64 Å². The lowest BCUT2D eigenvalue weighted by atomic mass is 10.1. The van der Waals surface area contributed by atoms with Crippen LogP contribution in [0.15, 0.2) is 22.7 Å². The van der Waals surface area contributed by atoms with Crippen LogP contribution in [0.4, 0.5) is 0 Å². The molecular weight excluding hydrogens is 342 g/mol. The molecule has 1 fully saturated rings. The zero-order valence-corrected chi connectivity index (χ0v) is 13.8. The largest absolute Gasteiger partial charge is 0.483 e. The fourth-order valence-electron chi connectivity index (χ4n) is 2.32. The van der Waals surface area contributed by atoms with Crippen LogP contribution in [0.25, 0.3) is 0 Å². The molecule has 0 radical (unpaired) electrons. The molecule has 1 aromatic carbocycles. The average molecular weight is 361 g/mol. The molecule has 0 spiro atoms. The maximum atomic E-state index is 12.2. The summed E-state index contributed by atoms with van der Waals surface area (Å²) in [5.74, 6) is 0.712. The number of benzene rings is 1. The third-order valence-electron chi connectivity index (χ3n) is 3.45. The minimum atomic E-state index is 0.0637.